The van der Waals surface area contributed by atoms with Gasteiger partial charge in [-0.25, -0.2) is 4.98 Å². The number of benzene rings is 2. The Morgan fingerprint density at radius 1 is 1.12 bits per heavy atom. The van der Waals surface area contributed by atoms with Crippen molar-refractivity contribution in [1.82, 2.24) is 9.97 Å². The number of hydrogen-bond donors (Lipinski definition) is 2. The van der Waals surface area contributed by atoms with Gasteiger partial charge in [0.05, 0.1) is 23.1 Å². The number of nitrogens with two attached hydrogens (primary N) is 1. The summed E-state index contributed by atoms with van der Waals surface area (Å²) in [6.45, 7) is 0. The van der Waals surface area contributed by atoms with E-state index >= 15 is 0 Å². The smallest absolute Gasteiger partial charge is 0.416 e. The van der Waals surface area contributed by atoms with Gasteiger partial charge in [0, 0.05) is 19.8 Å². The number of hydrogen-bond acceptors (Lipinski definition) is 7. The van der Waals surface area contributed by atoms with Crippen molar-refractivity contribution in [3.05, 3.63) is 65.9 Å². The highest BCUT2D eigenvalue weighted by molar-refractivity contribution is 7.89. The first kappa shape index (κ1) is 22.8. The molecule has 2 aromatic carbocycles. The third kappa shape index (κ3) is 4.32. The lowest BCUT2D eigenvalue weighted by atomic mass is 9.96. The van der Waals surface area contributed by atoms with Crippen molar-refractivity contribution in [2.75, 3.05) is 29.2 Å². The number of fused-ring (bicyclic) bond motifs is 1. The first-order chi connectivity index (χ1) is 15.6. The molecule has 0 radical (unpaired) electrons. The molecular formula is C21H19F3N6O2S. The summed E-state index contributed by atoms with van der Waals surface area (Å²) in [5, 5.41) is 8.33. The van der Waals surface area contributed by atoms with Gasteiger partial charge in [0.1, 0.15) is 11.7 Å². The maximum Gasteiger partial charge on any atom is 0.416 e. The van der Waals surface area contributed by atoms with E-state index in [1.165, 1.54) is 48.3 Å². The summed E-state index contributed by atoms with van der Waals surface area (Å²) < 4.78 is 52.2. The molecule has 2 heterocycles. The largest absolute Gasteiger partial charge is 0.593 e. The Morgan fingerprint density at radius 2 is 1.79 bits per heavy atom. The highest BCUT2D eigenvalue weighted by Gasteiger charge is 2.42. The van der Waals surface area contributed by atoms with Gasteiger partial charge in [-0.3, -0.25) is 4.79 Å². The van der Waals surface area contributed by atoms with Crippen molar-refractivity contribution >= 4 is 40.4 Å². The summed E-state index contributed by atoms with van der Waals surface area (Å²) in [6.07, 6.45) is -3.19. The van der Waals surface area contributed by atoms with E-state index in [9.17, 15) is 22.5 Å². The average molecular weight is 476 g/mol. The van der Waals surface area contributed by atoms with Crippen LogP contribution in [-0.2, 0) is 22.3 Å². The van der Waals surface area contributed by atoms with Gasteiger partial charge in [-0.05, 0) is 35.9 Å². The van der Waals surface area contributed by atoms with Crippen LogP contribution in [0.5, 0.6) is 0 Å². The van der Waals surface area contributed by atoms with Gasteiger partial charge < -0.3 is 19.7 Å². The van der Waals surface area contributed by atoms with E-state index in [2.05, 4.69) is 15.3 Å². The van der Waals surface area contributed by atoms with Crippen molar-refractivity contribution in [2.24, 2.45) is 5.14 Å². The van der Waals surface area contributed by atoms with Crippen molar-refractivity contribution in [1.29, 1.82) is 0 Å². The molecule has 172 valence electrons. The van der Waals surface area contributed by atoms with Crippen LogP contribution in [-0.4, -0.2) is 34.5 Å². The van der Waals surface area contributed by atoms with E-state index in [1.54, 1.807) is 24.3 Å². The lowest BCUT2D eigenvalue weighted by molar-refractivity contribution is -0.138. The second kappa shape index (κ2) is 8.54. The number of nitrogens with one attached hydrogen (secondary N) is 1. The van der Waals surface area contributed by atoms with Crippen LogP contribution in [0.25, 0.3) is 0 Å². The Morgan fingerprint density at radius 3 is 2.42 bits per heavy atom. The monoisotopic (exact) mass is 476 g/mol. The highest BCUT2D eigenvalue weighted by Crippen LogP contribution is 2.42. The standard InChI is InChI=1S/C21H19F3N6O2S/c1-29-16-11-26-20(27-12-7-9-13(10-8-12)33(25)32)28-18(16)30(2)17(19(29)31)14-5-3-4-6-15(14)21(22,23)24/h3-11,17H,25H2,1-2H3,(H,26,27,28). The van der Waals surface area contributed by atoms with Gasteiger partial charge in [0.25, 0.3) is 5.91 Å². The van der Waals surface area contributed by atoms with Crippen molar-refractivity contribution in [3.8, 4) is 0 Å². The predicted octanol–water partition coefficient (Wildman–Crippen LogP) is 3.37. The number of amides is 1. The average Bonchev–Trinajstić information content (AvgIpc) is 2.78. The normalized spacial score (nSPS) is 17.1. The second-order valence-electron chi connectivity index (χ2n) is 7.34. The molecule has 0 saturated carbocycles. The lowest BCUT2D eigenvalue weighted by Gasteiger charge is -2.39. The van der Waals surface area contributed by atoms with Crippen LogP contribution in [0.4, 0.5) is 36.3 Å². The third-order valence-corrected chi connectivity index (χ3v) is 6.04. The fourth-order valence-corrected chi connectivity index (χ4v) is 4.05. The van der Waals surface area contributed by atoms with E-state index < -0.39 is 35.1 Å². The van der Waals surface area contributed by atoms with Crippen LogP contribution >= 0.6 is 0 Å². The molecular weight excluding hydrogens is 457 g/mol. The van der Waals surface area contributed by atoms with Gasteiger partial charge in [0.15, 0.2) is 10.7 Å². The minimum atomic E-state index is -4.62. The Kier molecular flexibility index (Phi) is 5.91. The minimum Gasteiger partial charge on any atom is -0.593 e. The molecule has 2 atom stereocenters. The zero-order valence-electron chi connectivity index (χ0n) is 17.5. The van der Waals surface area contributed by atoms with E-state index in [0.29, 0.717) is 16.3 Å². The van der Waals surface area contributed by atoms with Crippen LogP contribution in [0.2, 0.25) is 0 Å². The third-order valence-electron chi connectivity index (χ3n) is 5.30. The van der Waals surface area contributed by atoms with Gasteiger partial charge in [0.2, 0.25) is 5.95 Å². The fourth-order valence-electron chi connectivity index (χ4n) is 3.65. The van der Waals surface area contributed by atoms with E-state index in [0.717, 1.165) is 6.07 Å². The fraction of sp³-hybridized carbons (Fsp3) is 0.190. The number of rotatable bonds is 4. The molecule has 1 amide bonds. The molecule has 0 aliphatic carbocycles. The molecule has 3 aromatic rings. The zero-order valence-corrected chi connectivity index (χ0v) is 18.3. The quantitative estimate of drug-likeness (QED) is 0.556. The topological polar surface area (TPSA) is 110 Å². The molecule has 12 heteroatoms. The van der Waals surface area contributed by atoms with Gasteiger partial charge >= 0.3 is 6.18 Å². The summed E-state index contributed by atoms with van der Waals surface area (Å²) in [4.78, 5) is 24.8. The molecule has 0 fully saturated rings. The molecule has 0 bridgehead atoms. The van der Waals surface area contributed by atoms with Crippen molar-refractivity contribution in [2.45, 2.75) is 17.1 Å². The number of carbonyl (C=O) groups is 1. The number of carbonyl (C=O) groups excluding carboxylic acids is 1. The molecule has 0 saturated heterocycles. The number of aromatic nitrogens is 2. The molecule has 2 unspecified atom stereocenters. The number of anilines is 4. The summed E-state index contributed by atoms with van der Waals surface area (Å²) in [6, 6.07) is 10.2. The summed E-state index contributed by atoms with van der Waals surface area (Å²) in [5.41, 5.74) is -0.0843. The molecule has 1 aliphatic heterocycles. The first-order valence-corrected chi connectivity index (χ1v) is 10.9. The van der Waals surface area contributed by atoms with E-state index in [1.807, 2.05) is 0 Å². The second-order valence-corrected chi connectivity index (χ2v) is 8.41. The molecule has 8 nitrogen and oxygen atoms in total. The van der Waals surface area contributed by atoms with E-state index in [4.69, 9.17) is 5.14 Å². The maximum atomic E-state index is 13.6. The van der Waals surface area contributed by atoms with Gasteiger partial charge in [-0.15, -0.1) is 5.14 Å². The van der Waals surface area contributed by atoms with Crippen molar-refractivity contribution in [3.63, 3.8) is 0 Å². The molecule has 3 N–H and O–H groups in total. The van der Waals surface area contributed by atoms with Crippen LogP contribution < -0.4 is 20.3 Å². The maximum absolute atomic E-state index is 13.6. The Balaban J connectivity index is 1.71. The molecule has 33 heavy (non-hydrogen) atoms. The van der Waals surface area contributed by atoms with Crippen LogP contribution in [0.1, 0.15) is 17.2 Å². The zero-order chi connectivity index (χ0) is 23.9. The predicted molar refractivity (Wildman–Crippen MR) is 118 cm³/mol. The summed E-state index contributed by atoms with van der Waals surface area (Å²) >= 11 is -1.61. The molecule has 1 aliphatic rings. The highest BCUT2D eigenvalue weighted by atomic mass is 32.2. The van der Waals surface area contributed by atoms with Gasteiger partial charge in [-0.1, -0.05) is 18.2 Å². The van der Waals surface area contributed by atoms with E-state index in [-0.39, 0.29) is 17.3 Å². The molecule has 4 rings (SSSR count). The number of halogens is 3. The molecule has 0 spiro atoms. The Hall–Kier alpha value is -3.35. The number of likely N-dealkylation sites (N-methyl/N-ethyl adjacent to an activating group) is 2. The summed E-state index contributed by atoms with van der Waals surface area (Å²) in [5.74, 6) is -0.0690. The number of nitrogens with zero attached hydrogens (tertiary/aromatic N) is 4. The number of alkyl halides is 3. The van der Waals surface area contributed by atoms with Crippen LogP contribution in [0.3, 0.4) is 0 Å². The van der Waals surface area contributed by atoms with Crippen LogP contribution in [0, 0.1) is 0 Å². The minimum absolute atomic E-state index is 0.159. The molecule has 1 aromatic heterocycles. The van der Waals surface area contributed by atoms with Crippen molar-refractivity contribution < 1.29 is 22.5 Å². The Bertz CT molecular complexity index is 1190. The van der Waals surface area contributed by atoms with Crippen LogP contribution in [0.15, 0.2) is 59.6 Å². The lowest BCUT2D eigenvalue weighted by Crippen LogP contribution is -2.46. The SMILES string of the molecule is CN1C(=O)C(c2ccccc2C(F)(F)F)N(C)c2nc(Nc3ccc([S+](N)[O-])cc3)ncc21. The Labute approximate surface area is 190 Å². The van der Waals surface area contributed by atoms with Gasteiger partial charge in [-0.2, -0.15) is 18.2 Å². The first-order valence-electron chi connectivity index (χ1n) is 9.64. The summed E-state index contributed by atoms with van der Waals surface area (Å²) in [7, 11) is 2.99.